The molecule has 0 bridgehead atoms. The Kier molecular flexibility index (Phi) is 8.97. The maximum atomic E-state index is 12.8. The molecule has 166 valence electrons. The van der Waals surface area contributed by atoms with E-state index in [9.17, 15) is 9.59 Å². The number of esters is 1. The molecule has 3 aromatic carbocycles. The zero-order chi connectivity index (χ0) is 22.8. The lowest BCUT2D eigenvalue weighted by atomic mass is 10.1. The first kappa shape index (κ1) is 23.6. The van der Waals surface area contributed by atoms with Gasteiger partial charge in [0.2, 0.25) is 0 Å². The van der Waals surface area contributed by atoms with Gasteiger partial charge in [0.1, 0.15) is 0 Å². The van der Waals surface area contributed by atoms with Crippen LogP contribution in [-0.2, 0) is 4.74 Å². The molecule has 3 N–H and O–H groups in total. The van der Waals surface area contributed by atoms with Crippen molar-refractivity contribution in [1.82, 2.24) is 5.32 Å². The quantitative estimate of drug-likeness (QED) is 0.284. The summed E-state index contributed by atoms with van der Waals surface area (Å²) >= 11 is 0. The summed E-state index contributed by atoms with van der Waals surface area (Å²) in [7, 11) is 0.315. The van der Waals surface area contributed by atoms with Crippen LogP contribution in [0.2, 0.25) is 0 Å². The van der Waals surface area contributed by atoms with Crippen molar-refractivity contribution in [2.45, 2.75) is 19.3 Å². The van der Waals surface area contributed by atoms with Crippen LogP contribution < -0.4 is 27.0 Å². The van der Waals surface area contributed by atoms with Crippen LogP contribution in [0.25, 0.3) is 0 Å². The first-order valence-electron chi connectivity index (χ1n) is 10.8. The fourth-order valence-electron chi connectivity index (χ4n) is 3.47. The molecule has 5 nitrogen and oxygen atoms in total. The van der Waals surface area contributed by atoms with E-state index >= 15 is 0 Å². The second-order valence-corrected chi connectivity index (χ2v) is 9.52. The summed E-state index contributed by atoms with van der Waals surface area (Å²) in [5.74, 6) is -0.556. The Balaban J connectivity index is 2.01. The number of hydrogen-bond donors (Lipinski definition) is 2. The van der Waals surface area contributed by atoms with Crippen LogP contribution in [0.15, 0.2) is 78.9 Å². The molecule has 0 aromatic heterocycles. The highest BCUT2D eigenvalue weighted by molar-refractivity contribution is 7.80. The number of unbranched alkanes of at least 4 members (excludes halogenated alkanes) is 2. The van der Waals surface area contributed by atoms with Crippen molar-refractivity contribution in [3.63, 3.8) is 0 Å². The summed E-state index contributed by atoms with van der Waals surface area (Å²) < 4.78 is 5.06. The maximum absolute atomic E-state index is 12.8. The average molecular weight is 449 g/mol. The number of ether oxygens (including phenoxy) is 1. The zero-order valence-corrected chi connectivity index (χ0v) is 19.2. The van der Waals surface area contributed by atoms with E-state index in [0.29, 0.717) is 24.2 Å². The normalized spacial score (nSPS) is 10.7. The van der Waals surface area contributed by atoms with Crippen molar-refractivity contribution in [3.05, 3.63) is 90.0 Å². The highest BCUT2D eigenvalue weighted by atomic mass is 31.1. The lowest BCUT2D eigenvalue weighted by Gasteiger charge is -2.22. The SMILES string of the molecule is COC(=O)c1ccc(C(=O)NCCCCCN)cc1P(c1ccccc1)c1ccccc1. The van der Waals surface area contributed by atoms with Gasteiger partial charge >= 0.3 is 5.97 Å². The van der Waals surface area contributed by atoms with Crippen molar-refractivity contribution in [3.8, 4) is 0 Å². The molecule has 0 heterocycles. The maximum Gasteiger partial charge on any atom is 0.338 e. The highest BCUT2D eigenvalue weighted by Gasteiger charge is 2.24. The Morgan fingerprint density at radius 1 is 0.875 bits per heavy atom. The Morgan fingerprint density at radius 3 is 2.06 bits per heavy atom. The largest absolute Gasteiger partial charge is 0.465 e. The van der Waals surface area contributed by atoms with Gasteiger partial charge in [-0.3, -0.25) is 4.79 Å². The Hall–Kier alpha value is -3.01. The summed E-state index contributed by atoms with van der Waals surface area (Å²) in [5.41, 5.74) is 6.54. The molecular weight excluding hydrogens is 419 g/mol. The third-order valence-corrected chi connectivity index (χ3v) is 7.58. The smallest absolute Gasteiger partial charge is 0.338 e. The molecule has 3 aromatic rings. The third kappa shape index (κ3) is 6.03. The van der Waals surface area contributed by atoms with Crippen LogP contribution in [0.5, 0.6) is 0 Å². The minimum atomic E-state index is -1.06. The molecule has 0 saturated heterocycles. The number of methoxy groups -OCH3 is 1. The Morgan fingerprint density at radius 2 is 1.50 bits per heavy atom. The number of hydrogen-bond acceptors (Lipinski definition) is 4. The van der Waals surface area contributed by atoms with Gasteiger partial charge < -0.3 is 15.8 Å². The van der Waals surface area contributed by atoms with Crippen LogP contribution >= 0.6 is 7.92 Å². The van der Waals surface area contributed by atoms with Crippen LogP contribution in [0.1, 0.15) is 40.0 Å². The monoisotopic (exact) mass is 448 g/mol. The van der Waals surface area contributed by atoms with Crippen LogP contribution in [0, 0.1) is 0 Å². The zero-order valence-electron chi connectivity index (χ0n) is 18.3. The van der Waals surface area contributed by atoms with Crippen LogP contribution in [0.3, 0.4) is 0 Å². The van der Waals surface area contributed by atoms with Crippen LogP contribution in [-0.4, -0.2) is 32.1 Å². The molecule has 0 aliphatic rings. The molecule has 6 heteroatoms. The molecule has 32 heavy (non-hydrogen) atoms. The number of nitrogens with one attached hydrogen (secondary N) is 1. The first-order chi connectivity index (χ1) is 15.7. The lowest BCUT2D eigenvalue weighted by Crippen LogP contribution is -2.29. The van der Waals surface area contributed by atoms with Gasteiger partial charge in [-0.05, 0) is 56.1 Å². The topological polar surface area (TPSA) is 81.4 Å². The molecule has 3 rings (SSSR count). The number of amides is 1. The number of carbonyl (C=O) groups is 2. The van der Waals surface area contributed by atoms with E-state index in [-0.39, 0.29) is 5.91 Å². The fourth-order valence-corrected chi connectivity index (χ4v) is 5.94. The summed E-state index contributed by atoms with van der Waals surface area (Å²) in [6.45, 7) is 1.26. The van der Waals surface area contributed by atoms with Gasteiger partial charge in [-0.1, -0.05) is 67.1 Å². The Bertz CT molecular complexity index is 986. The average Bonchev–Trinajstić information content (AvgIpc) is 2.85. The third-order valence-electron chi connectivity index (χ3n) is 5.10. The van der Waals surface area contributed by atoms with Crippen molar-refractivity contribution in [2.24, 2.45) is 5.73 Å². The van der Waals surface area contributed by atoms with E-state index in [1.54, 1.807) is 12.1 Å². The first-order valence-corrected chi connectivity index (χ1v) is 12.1. The molecule has 0 aliphatic carbocycles. The summed E-state index contributed by atoms with van der Waals surface area (Å²) in [6.07, 6.45) is 2.82. The summed E-state index contributed by atoms with van der Waals surface area (Å²) in [5, 5.41) is 5.97. The lowest BCUT2D eigenvalue weighted by molar-refractivity contribution is 0.0602. The molecule has 0 aliphatic heterocycles. The van der Waals surface area contributed by atoms with Gasteiger partial charge in [-0.25, -0.2) is 4.79 Å². The van der Waals surface area contributed by atoms with Gasteiger partial charge in [-0.2, -0.15) is 0 Å². The summed E-state index contributed by atoms with van der Waals surface area (Å²) in [6, 6.07) is 25.4. The van der Waals surface area contributed by atoms with E-state index in [4.69, 9.17) is 10.5 Å². The molecule has 0 fully saturated rings. The highest BCUT2D eigenvalue weighted by Crippen LogP contribution is 2.34. The van der Waals surface area contributed by atoms with E-state index in [1.807, 2.05) is 42.5 Å². The molecule has 0 atom stereocenters. The van der Waals surface area contributed by atoms with Crippen molar-refractivity contribution in [1.29, 1.82) is 0 Å². The van der Waals surface area contributed by atoms with Gasteiger partial charge in [-0.15, -0.1) is 0 Å². The fraction of sp³-hybridized carbons (Fsp3) is 0.231. The van der Waals surface area contributed by atoms with Crippen molar-refractivity contribution in [2.75, 3.05) is 20.2 Å². The molecule has 0 saturated carbocycles. The number of benzene rings is 3. The summed E-state index contributed by atoms with van der Waals surface area (Å²) in [4.78, 5) is 25.5. The van der Waals surface area contributed by atoms with Crippen LogP contribution in [0.4, 0.5) is 0 Å². The molecule has 0 unspecified atom stereocenters. The molecule has 0 radical (unpaired) electrons. The number of carbonyl (C=O) groups excluding carboxylic acids is 2. The predicted molar refractivity (Wildman–Crippen MR) is 132 cm³/mol. The molecule has 1 amide bonds. The van der Waals surface area contributed by atoms with E-state index in [1.165, 1.54) is 7.11 Å². The van der Waals surface area contributed by atoms with Crippen molar-refractivity contribution < 1.29 is 14.3 Å². The second kappa shape index (κ2) is 12.1. The van der Waals surface area contributed by atoms with E-state index in [2.05, 4.69) is 29.6 Å². The minimum absolute atomic E-state index is 0.147. The van der Waals surface area contributed by atoms with Crippen molar-refractivity contribution >= 4 is 35.7 Å². The van der Waals surface area contributed by atoms with E-state index < -0.39 is 13.9 Å². The second-order valence-electron chi connectivity index (χ2n) is 7.34. The number of rotatable bonds is 10. The van der Waals surface area contributed by atoms with Gasteiger partial charge in [0.25, 0.3) is 5.91 Å². The molecular formula is C26H29N2O3P. The minimum Gasteiger partial charge on any atom is -0.465 e. The van der Waals surface area contributed by atoms with E-state index in [0.717, 1.165) is 35.2 Å². The number of nitrogens with two attached hydrogens (primary N) is 1. The predicted octanol–water partition coefficient (Wildman–Crippen LogP) is 3.09. The Labute approximate surface area is 190 Å². The van der Waals surface area contributed by atoms with Gasteiger partial charge in [0.05, 0.1) is 12.7 Å². The van der Waals surface area contributed by atoms with Gasteiger partial charge in [0, 0.05) is 17.4 Å². The standard InChI is InChI=1S/C26H29N2O3P/c1-31-26(30)23-16-15-20(25(29)28-18-10-4-9-17-27)19-24(23)32(21-11-5-2-6-12-21)22-13-7-3-8-14-22/h2-3,5-8,11-16,19H,4,9-10,17-18,27H2,1H3,(H,28,29). The molecule has 0 spiro atoms. The van der Waals surface area contributed by atoms with Gasteiger partial charge in [0.15, 0.2) is 0 Å².